The molecule has 1 unspecified atom stereocenters. The summed E-state index contributed by atoms with van der Waals surface area (Å²) >= 11 is 0. The summed E-state index contributed by atoms with van der Waals surface area (Å²) in [5, 5.41) is 3.25. The van der Waals surface area contributed by atoms with Gasteiger partial charge in [-0.1, -0.05) is 13.8 Å². The van der Waals surface area contributed by atoms with Gasteiger partial charge in [0.25, 0.3) is 0 Å². The molecule has 2 aliphatic rings. The molecule has 20 heavy (non-hydrogen) atoms. The fraction of sp³-hybridized carbons (Fsp3) is 0.867. The number of nitrogens with one attached hydrogen (secondary N) is 1. The summed E-state index contributed by atoms with van der Waals surface area (Å²) in [6.45, 7) is 5.77. The smallest absolute Gasteiger partial charge is 0.247 e. The van der Waals surface area contributed by atoms with Crippen molar-refractivity contribution in [1.29, 1.82) is 0 Å². The Morgan fingerprint density at radius 3 is 2.50 bits per heavy atom. The van der Waals surface area contributed by atoms with Crippen LogP contribution in [-0.4, -0.2) is 59.9 Å². The van der Waals surface area contributed by atoms with Crippen LogP contribution in [0.3, 0.4) is 0 Å². The minimum atomic E-state index is -0.310. The van der Waals surface area contributed by atoms with Crippen LogP contribution in [0.15, 0.2) is 0 Å². The molecule has 1 atom stereocenters. The average molecular weight is 281 g/mol. The highest BCUT2D eigenvalue weighted by Crippen LogP contribution is 2.25. The summed E-state index contributed by atoms with van der Waals surface area (Å²) in [7, 11) is 2.12. The Morgan fingerprint density at radius 1 is 1.30 bits per heavy atom. The fourth-order valence-corrected chi connectivity index (χ4v) is 2.96. The normalized spacial score (nSPS) is 23.4. The van der Waals surface area contributed by atoms with Gasteiger partial charge in [-0.15, -0.1) is 0 Å². The second-order valence-electron chi connectivity index (χ2n) is 5.99. The van der Waals surface area contributed by atoms with E-state index in [2.05, 4.69) is 17.3 Å². The standard InChI is InChI=1S/C15H27N3O2/c1-4-11(5-2)18-14(19)10-13(15(18)20)16-8-9-17(3)12-6-7-12/h11-13,16H,4-10H2,1-3H3. The number of amides is 2. The highest BCUT2D eigenvalue weighted by molar-refractivity contribution is 6.05. The van der Waals surface area contributed by atoms with Gasteiger partial charge in [0, 0.05) is 25.2 Å². The van der Waals surface area contributed by atoms with E-state index in [0.717, 1.165) is 32.0 Å². The fourth-order valence-electron chi connectivity index (χ4n) is 2.96. The van der Waals surface area contributed by atoms with Crippen LogP contribution in [0, 0.1) is 0 Å². The molecule has 0 aromatic rings. The van der Waals surface area contributed by atoms with E-state index in [9.17, 15) is 9.59 Å². The predicted octanol–water partition coefficient (Wildman–Crippen LogP) is 0.986. The lowest BCUT2D eigenvalue weighted by molar-refractivity contribution is -0.141. The van der Waals surface area contributed by atoms with E-state index in [4.69, 9.17) is 0 Å². The SMILES string of the molecule is CCC(CC)N1C(=O)CC(NCCN(C)C2CC2)C1=O. The Bertz CT molecular complexity index is 364. The third-order valence-corrected chi connectivity index (χ3v) is 4.52. The van der Waals surface area contributed by atoms with Crippen LogP contribution in [0.25, 0.3) is 0 Å². The topological polar surface area (TPSA) is 52.7 Å². The first-order valence-corrected chi connectivity index (χ1v) is 7.88. The molecule has 1 aliphatic heterocycles. The molecular weight excluding hydrogens is 254 g/mol. The molecule has 114 valence electrons. The van der Waals surface area contributed by atoms with Crippen molar-refractivity contribution in [2.75, 3.05) is 20.1 Å². The second kappa shape index (κ2) is 6.68. The Morgan fingerprint density at radius 2 is 1.95 bits per heavy atom. The van der Waals surface area contributed by atoms with Gasteiger partial charge in [-0.3, -0.25) is 14.5 Å². The molecule has 2 fully saturated rings. The lowest BCUT2D eigenvalue weighted by atomic mass is 10.1. The van der Waals surface area contributed by atoms with Gasteiger partial charge in [-0.2, -0.15) is 0 Å². The van der Waals surface area contributed by atoms with E-state index in [-0.39, 0.29) is 23.9 Å². The van der Waals surface area contributed by atoms with Crippen LogP contribution in [0.4, 0.5) is 0 Å². The van der Waals surface area contributed by atoms with E-state index >= 15 is 0 Å². The van der Waals surface area contributed by atoms with E-state index in [1.54, 1.807) is 0 Å². The first-order valence-electron chi connectivity index (χ1n) is 7.88. The molecule has 1 saturated carbocycles. The van der Waals surface area contributed by atoms with Crippen LogP contribution in [0.5, 0.6) is 0 Å². The summed E-state index contributed by atoms with van der Waals surface area (Å²) in [6, 6.07) is 0.491. The number of rotatable bonds is 8. The van der Waals surface area contributed by atoms with Crippen LogP contribution < -0.4 is 5.32 Å². The minimum Gasteiger partial charge on any atom is -0.304 e. The molecule has 1 heterocycles. The zero-order valence-corrected chi connectivity index (χ0v) is 12.9. The lowest BCUT2D eigenvalue weighted by Crippen LogP contribution is -2.45. The molecular formula is C15H27N3O2. The van der Waals surface area contributed by atoms with Crippen molar-refractivity contribution in [2.24, 2.45) is 0 Å². The third kappa shape index (κ3) is 3.38. The van der Waals surface area contributed by atoms with Crippen molar-refractivity contribution in [1.82, 2.24) is 15.1 Å². The molecule has 0 bridgehead atoms. The molecule has 5 heteroatoms. The van der Waals surface area contributed by atoms with Crippen molar-refractivity contribution in [2.45, 2.75) is 64.1 Å². The molecule has 0 radical (unpaired) electrons. The van der Waals surface area contributed by atoms with Crippen LogP contribution in [-0.2, 0) is 9.59 Å². The second-order valence-corrected chi connectivity index (χ2v) is 5.99. The van der Waals surface area contributed by atoms with Crippen molar-refractivity contribution < 1.29 is 9.59 Å². The lowest BCUT2D eigenvalue weighted by Gasteiger charge is -2.24. The molecule has 0 aromatic heterocycles. The number of carbonyl (C=O) groups is 2. The summed E-state index contributed by atoms with van der Waals surface area (Å²) in [5.74, 6) is -0.0467. The average Bonchev–Trinajstić information content (AvgIpc) is 3.23. The van der Waals surface area contributed by atoms with Gasteiger partial charge in [0.2, 0.25) is 11.8 Å². The van der Waals surface area contributed by atoms with Gasteiger partial charge in [0.1, 0.15) is 0 Å². The van der Waals surface area contributed by atoms with E-state index in [0.29, 0.717) is 6.42 Å². The van der Waals surface area contributed by atoms with Crippen LogP contribution >= 0.6 is 0 Å². The maximum atomic E-state index is 12.3. The molecule has 5 nitrogen and oxygen atoms in total. The van der Waals surface area contributed by atoms with Crippen LogP contribution in [0.1, 0.15) is 46.0 Å². The summed E-state index contributed by atoms with van der Waals surface area (Å²) in [4.78, 5) is 28.2. The first kappa shape index (κ1) is 15.4. The number of carbonyl (C=O) groups excluding carboxylic acids is 2. The maximum absolute atomic E-state index is 12.3. The first-order chi connectivity index (χ1) is 9.58. The van der Waals surface area contributed by atoms with Gasteiger partial charge in [-0.05, 0) is 32.7 Å². The van der Waals surface area contributed by atoms with Gasteiger partial charge >= 0.3 is 0 Å². The number of hydrogen-bond acceptors (Lipinski definition) is 4. The van der Waals surface area contributed by atoms with Crippen LogP contribution in [0.2, 0.25) is 0 Å². The summed E-state index contributed by atoms with van der Waals surface area (Å²) < 4.78 is 0. The molecule has 2 amide bonds. The van der Waals surface area contributed by atoms with Gasteiger partial charge < -0.3 is 10.2 Å². The quantitative estimate of drug-likeness (QED) is 0.674. The van der Waals surface area contributed by atoms with E-state index in [1.165, 1.54) is 17.7 Å². The Hall–Kier alpha value is -0.940. The Balaban J connectivity index is 1.81. The maximum Gasteiger partial charge on any atom is 0.247 e. The monoisotopic (exact) mass is 281 g/mol. The number of likely N-dealkylation sites (tertiary alicyclic amines) is 1. The molecule has 1 N–H and O–H groups in total. The third-order valence-electron chi connectivity index (χ3n) is 4.52. The zero-order chi connectivity index (χ0) is 14.7. The van der Waals surface area contributed by atoms with Gasteiger partial charge in [0.05, 0.1) is 12.5 Å². The molecule has 0 spiro atoms. The van der Waals surface area contributed by atoms with Crippen molar-refractivity contribution >= 4 is 11.8 Å². The minimum absolute atomic E-state index is 0.0169. The summed E-state index contributed by atoms with van der Waals surface area (Å²) in [6.07, 6.45) is 4.58. The largest absolute Gasteiger partial charge is 0.304 e. The highest BCUT2D eigenvalue weighted by atomic mass is 16.2. The number of hydrogen-bond donors (Lipinski definition) is 1. The Kier molecular flexibility index (Phi) is 5.16. The van der Waals surface area contributed by atoms with E-state index in [1.807, 2.05) is 13.8 Å². The molecule has 2 rings (SSSR count). The molecule has 0 aromatic carbocycles. The molecule has 1 saturated heterocycles. The highest BCUT2D eigenvalue weighted by Gasteiger charge is 2.41. The predicted molar refractivity (Wildman–Crippen MR) is 78.3 cm³/mol. The number of nitrogens with zero attached hydrogens (tertiary/aromatic N) is 2. The van der Waals surface area contributed by atoms with E-state index < -0.39 is 0 Å². The van der Waals surface area contributed by atoms with Gasteiger partial charge in [-0.25, -0.2) is 0 Å². The summed E-state index contributed by atoms with van der Waals surface area (Å²) in [5.41, 5.74) is 0. The van der Waals surface area contributed by atoms with Crippen molar-refractivity contribution in [3.05, 3.63) is 0 Å². The Labute approximate surface area is 121 Å². The zero-order valence-electron chi connectivity index (χ0n) is 12.9. The molecule has 1 aliphatic carbocycles. The number of likely N-dealkylation sites (N-methyl/N-ethyl adjacent to an activating group) is 1. The number of imide groups is 1. The van der Waals surface area contributed by atoms with Crippen molar-refractivity contribution in [3.63, 3.8) is 0 Å². The van der Waals surface area contributed by atoms with Crippen molar-refractivity contribution in [3.8, 4) is 0 Å². The van der Waals surface area contributed by atoms with Gasteiger partial charge in [0.15, 0.2) is 0 Å².